The van der Waals surface area contributed by atoms with Gasteiger partial charge in [-0.25, -0.2) is 9.59 Å². The number of ketones is 1. The summed E-state index contributed by atoms with van der Waals surface area (Å²) in [5.74, 6) is -1.12. The number of hydrogen-bond donors (Lipinski definition) is 2. The fourth-order valence-corrected chi connectivity index (χ4v) is 4.78. The minimum atomic E-state index is -1.13. The highest BCUT2D eigenvalue weighted by molar-refractivity contribution is 6.01. The number of amides is 2. The van der Waals surface area contributed by atoms with Crippen LogP contribution in [0.15, 0.2) is 18.2 Å². The Kier molecular flexibility index (Phi) is 8.40. The molecule has 2 amide bonds. The molecule has 0 bridgehead atoms. The molecule has 0 spiro atoms. The molecule has 0 unspecified atom stereocenters. The number of Topliss-reactive ketones (excluding diaryl/α,β-unsaturated/α-hetero) is 1. The molecule has 2 heterocycles. The number of benzene rings is 1. The monoisotopic (exact) mass is 487 g/mol. The molecule has 0 aromatic heterocycles. The van der Waals surface area contributed by atoms with Crippen LogP contribution in [0.1, 0.15) is 80.0 Å². The van der Waals surface area contributed by atoms with Crippen molar-refractivity contribution in [1.29, 1.82) is 0 Å². The summed E-state index contributed by atoms with van der Waals surface area (Å²) in [5, 5.41) is 9.13. The summed E-state index contributed by atoms with van der Waals surface area (Å²) in [7, 11) is 0. The van der Waals surface area contributed by atoms with Gasteiger partial charge in [-0.1, -0.05) is 6.07 Å². The normalized spacial score (nSPS) is 19.3. The lowest BCUT2D eigenvalue weighted by Crippen LogP contribution is -2.43. The van der Waals surface area contributed by atoms with E-state index in [9.17, 15) is 19.2 Å². The zero-order chi connectivity index (χ0) is 25.8. The van der Waals surface area contributed by atoms with E-state index < -0.39 is 11.6 Å². The van der Waals surface area contributed by atoms with Crippen LogP contribution in [0.4, 0.5) is 10.5 Å². The maximum atomic E-state index is 13.0. The minimum absolute atomic E-state index is 0.0288. The highest BCUT2D eigenvalue weighted by Crippen LogP contribution is 2.26. The molecule has 3 N–H and O–H groups in total. The topological polar surface area (TPSA) is 130 Å². The third kappa shape index (κ3) is 7.19. The number of carboxylic acid groups (broad SMARTS) is 1. The van der Waals surface area contributed by atoms with Crippen LogP contribution in [0.25, 0.3) is 0 Å². The van der Waals surface area contributed by atoms with E-state index in [1.54, 1.807) is 9.80 Å². The zero-order valence-electron chi connectivity index (χ0n) is 20.9. The molecule has 2 aliphatic heterocycles. The first kappa shape index (κ1) is 26.5. The molecule has 1 atom stereocenters. The molecule has 35 heavy (non-hydrogen) atoms. The van der Waals surface area contributed by atoms with Crippen molar-refractivity contribution in [3.63, 3.8) is 0 Å². The summed E-state index contributed by atoms with van der Waals surface area (Å²) < 4.78 is 5.44. The van der Waals surface area contributed by atoms with Crippen LogP contribution in [0.3, 0.4) is 0 Å². The van der Waals surface area contributed by atoms with Crippen molar-refractivity contribution in [3.8, 4) is 0 Å². The number of likely N-dealkylation sites (tertiary alicyclic amines) is 2. The van der Waals surface area contributed by atoms with Crippen LogP contribution in [0, 0.1) is 11.8 Å². The average Bonchev–Trinajstić information content (AvgIpc) is 2.81. The minimum Gasteiger partial charge on any atom is -0.478 e. The van der Waals surface area contributed by atoms with Gasteiger partial charge in [-0.05, 0) is 70.9 Å². The second-order valence-corrected chi connectivity index (χ2v) is 10.6. The van der Waals surface area contributed by atoms with E-state index in [-0.39, 0.29) is 35.0 Å². The number of nitrogen functional groups attached to an aromatic ring is 1. The molecular weight excluding hydrogens is 450 g/mol. The van der Waals surface area contributed by atoms with Gasteiger partial charge in [0.25, 0.3) is 0 Å². The highest BCUT2D eigenvalue weighted by atomic mass is 16.6. The van der Waals surface area contributed by atoms with Crippen LogP contribution in [-0.4, -0.2) is 70.4 Å². The molecule has 0 aliphatic carbocycles. The second-order valence-electron chi connectivity index (χ2n) is 10.6. The Morgan fingerprint density at radius 1 is 1.06 bits per heavy atom. The molecule has 2 aliphatic rings. The lowest BCUT2D eigenvalue weighted by atomic mass is 9.88. The number of hydrogen-bond acceptors (Lipinski definition) is 6. The van der Waals surface area contributed by atoms with Gasteiger partial charge in [0.05, 0.1) is 5.56 Å². The maximum Gasteiger partial charge on any atom is 0.410 e. The smallest absolute Gasteiger partial charge is 0.410 e. The summed E-state index contributed by atoms with van der Waals surface area (Å²) in [6, 6.07) is 4.26. The Morgan fingerprint density at radius 2 is 1.74 bits per heavy atom. The fraction of sp³-hybridized carbons (Fsp3) is 0.615. The molecule has 2 saturated heterocycles. The van der Waals surface area contributed by atoms with E-state index >= 15 is 0 Å². The third-order valence-electron chi connectivity index (χ3n) is 6.74. The standard InChI is InChI=1S/C26H37N3O6/c1-26(2,3)35-25(34)28-13-10-17(11-14-28)6-9-22(30)29-12-4-5-19(16-29)23(31)18-7-8-20(24(32)33)21(27)15-18/h7-8,15,17,19H,4-6,9-14,16,27H2,1-3H3,(H,32,33)/t19-/m1/s1. The fourth-order valence-electron chi connectivity index (χ4n) is 4.78. The largest absolute Gasteiger partial charge is 0.478 e. The van der Waals surface area contributed by atoms with E-state index in [0.717, 1.165) is 25.7 Å². The predicted octanol–water partition coefficient (Wildman–Crippen LogP) is 3.82. The maximum absolute atomic E-state index is 13.0. The summed E-state index contributed by atoms with van der Waals surface area (Å²) >= 11 is 0. The summed E-state index contributed by atoms with van der Waals surface area (Å²) in [6.07, 6.45) is 4.05. The van der Waals surface area contributed by atoms with E-state index in [1.807, 2.05) is 20.8 Å². The van der Waals surface area contributed by atoms with Gasteiger partial charge >= 0.3 is 12.1 Å². The number of nitrogens with zero attached hydrogens (tertiary/aromatic N) is 2. The van der Waals surface area contributed by atoms with Crippen molar-refractivity contribution >= 4 is 29.4 Å². The number of carboxylic acids is 1. The van der Waals surface area contributed by atoms with Crippen LogP contribution in [0.5, 0.6) is 0 Å². The molecule has 192 valence electrons. The van der Waals surface area contributed by atoms with Crippen molar-refractivity contribution in [2.45, 2.75) is 64.9 Å². The lowest BCUT2D eigenvalue weighted by molar-refractivity contribution is -0.133. The first-order chi connectivity index (χ1) is 16.4. The highest BCUT2D eigenvalue weighted by Gasteiger charge is 2.31. The molecule has 3 rings (SSSR count). The summed E-state index contributed by atoms with van der Waals surface area (Å²) in [4.78, 5) is 52.8. The number of rotatable bonds is 6. The van der Waals surface area contributed by atoms with Crippen LogP contribution in [0.2, 0.25) is 0 Å². The molecule has 9 nitrogen and oxygen atoms in total. The van der Waals surface area contributed by atoms with Crippen LogP contribution in [-0.2, 0) is 9.53 Å². The van der Waals surface area contributed by atoms with Gasteiger partial charge in [0.15, 0.2) is 5.78 Å². The van der Waals surface area contributed by atoms with E-state index in [4.69, 9.17) is 15.6 Å². The predicted molar refractivity (Wildman–Crippen MR) is 131 cm³/mol. The van der Waals surface area contributed by atoms with Gasteiger partial charge < -0.3 is 25.4 Å². The van der Waals surface area contributed by atoms with Crippen molar-refractivity contribution < 1.29 is 29.0 Å². The van der Waals surface area contributed by atoms with E-state index in [0.29, 0.717) is 50.5 Å². The second kappa shape index (κ2) is 11.1. The quantitative estimate of drug-likeness (QED) is 0.461. The Labute approximate surface area is 206 Å². The first-order valence-corrected chi connectivity index (χ1v) is 12.4. The number of piperidine rings is 2. The third-order valence-corrected chi connectivity index (χ3v) is 6.74. The van der Waals surface area contributed by atoms with Gasteiger partial charge in [0, 0.05) is 49.8 Å². The van der Waals surface area contributed by atoms with E-state index in [2.05, 4.69) is 0 Å². The molecule has 1 aromatic carbocycles. The number of aromatic carboxylic acids is 1. The van der Waals surface area contributed by atoms with Gasteiger partial charge in [-0.3, -0.25) is 9.59 Å². The number of ether oxygens (including phenoxy) is 1. The lowest BCUT2D eigenvalue weighted by Gasteiger charge is -2.34. The van der Waals surface area contributed by atoms with Gasteiger partial charge in [-0.15, -0.1) is 0 Å². The molecular formula is C26H37N3O6. The SMILES string of the molecule is CC(C)(C)OC(=O)N1CCC(CCC(=O)N2CCC[C@@H](C(=O)c3ccc(C(=O)O)c(N)c3)C2)CC1. The van der Waals surface area contributed by atoms with Crippen LogP contribution >= 0.6 is 0 Å². The number of anilines is 1. The molecule has 9 heteroatoms. The Hall–Kier alpha value is -3.10. The van der Waals surface area contributed by atoms with E-state index in [1.165, 1.54) is 18.2 Å². The molecule has 2 fully saturated rings. The van der Waals surface area contributed by atoms with Gasteiger partial charge in [0.2, 0.25) is 5.91 Å². The number of carbonyl (C=O) groups is 4. The Bertz CT molecular complexity index is 962. The van der Waals surface area contributed by atoms with Crippen molar-refractivity contribution in [1.82, 2.24) is 9.80 Å². The summed E-state index contributed by atoms with van der Waals surface area (Å²) in [5.41, 5.74) is 5.70. The molecule has 1 aromatic rings. The Morgan fingerprint density at radius 3 is 2.34 bits per heavy atom. The summed E-state index contributed by atoms with van der Waals surface area (Å²) in [6.45, 7) is 7.84. The molecule has 0 radical (unpaired) electrons. The first-order valence-electron chi connectivity index (χ1n) is 12.4. The average molecular weight is 488 g/mol. The van der Waals surface area contributed by atoms with Crippen molar-refractivity contribution in [3.05, 3.63) is 29.3 Å². The van der Waals surface area contributed by atoms with Crippen molar-refractivity contribution in [2.75, 3.05) is 31.9 Å². The number of nitrogens with two attached hydrogens (primary N) is 1. The molecule has 0 saturated carbocycles. The number of carbonyl (C=O) groups excluding carboxylic acids is 3. The van der Waals surface area contributed by atoms with Crippen molar-refractivity contribution in [2.24, 2.45) is 11.8 Å². The van der Waals surface area contributed by atoms with Gasteiger partial charge in [0.1, 0.15) is 5.60 Å². The van der Waals surface area contributed by atoms with Gasteiger partial charge in [-0.2, -0.15) is 0 Å². The van der Waals surface area contributed by atoms with Crippen LogP contribution < -0.4 is 5.73 Å². The Balaban J connectivity index is 1.47. The zero-order valence-corrected chi connectivity index (χ0v) is 20.9.